The minimum absolute atomic E-state index is 0.0918. The van der Waals surface area contributed by atoms with Crippen LogP contribution in [0.15, 0.2) is 48.5 Å². The van der Waals surface area contributed by atoms with Gasteiger partial charge in [-0.25, -0.2) is 4.79 Å². The highest BCUT2D eigenvalue weighted by molar-refractivity contribution is 5.89. The lowest BCUT2D eigenvalue weighted by molar-refractivity contribution is 0.0472. The van der Waals surface area contributed by atoms with Crippen molar-refractivity contribution in [3.05, 3.63) is 65.2 Å². The standard InChI is InChI=1S/C18H17NO3/c1-13(2)22-17-9-7-16(8-10-17)18(20)21-12-15-5-3-14(11-19)4-6-15/h3-10,13H,12H2,1-2H3. The van der Waals surface area contributed by atoms with Crippen LogP contribution in [0.3, 0.4) is 0 Å². The van der Waals surface area contributed by atoms with Gasteiger partial charge in [-0.15, -0.1) is 0 Å². The van der Waals surface area contributed by atoms with E-state index >= 15 is 0 Å². The predicted octanol–water partition coefficient (Wildman–Crippen LogP) is 3.70. The molecule has 4 heteroatoms. The molecule has 0 fully saturated rings. The van der Waals surface area contributed by atoms with Crippen LogP contribution in [0.5, 0.6) is 5.75 Å². The van der Waals surface area contributed by atoms with E-state index < -0.39 is 0 Å². The molecule has 0 saturated heterocycles. The minimum Gasteiger partial charge on any atom is -0.491 e. The van der Waals surface area contributed by atoms with Crippen LogP contribution >= 0.6 is 0 Å². The summed E-state index contributed by atoms with van der Waals surface area (Å²) in [4.78, 5) is 12.0. The van der Waals surface area contributed by atoms with Crippen molar-refractivity contribution in [2.45, 2.75) is 26.6 Å². The molecule has 0 aliphatic heterocycles. The molecular formula is C18H17NO3. The highest BCUT2D eigenvalue weighted by Crippen LogP contribution is 2.15. The zero-order valence-electron chi connectivity index (χ0n) is 12.6. The van der Waals surface area contributed by atoms with Crippen LogP contribution in [-0.2, 0) is 11.3 Å². The van der Waals surface area contributed by atoms with Gasteiger partial charge in [0, 0.05) is 0 Å². The Balaban J connectivity index is 1.92. The molecule has 0 heterocycles. The Morgan fingerprint density at radius 1 is 1.09 bits per heavy atom. The van der Waals surface area contributed by atoms with Crippen LogP contribution in [0.1, 0.15) is 35.3 Å². The molecule has 0 amide bonds. The Labute approximate surface area is 129 Å². The summed E-state index contributed by atoms with van der Waals surface area (Å²) in [6, 6.07) is 15.8. The summed E-state index contributed by atoms with van der Waals surface area (Å²) in [5.74, 6) is 0.332. The summed E-state index contributed by atoms with van der Waals surface area (Å²) in [5.41, 5.74) is 1.90. The van der Waals surface area contributed by atoms with Gasteiger partial charge in [-0.2, -0.15) is 5.26 Å². The molecular weight excluding hydrogens is 278 g/mol. The molecule has 2 aromatic rings. The molecule has 2 aromatic carbocycles. The molecule has 0 atom stereocenters. The van der Waals surface area contributed by atoms with E-state index in [1.807, 2.05) is 19.9 Å². The Hall–Kier alpha value is -2.80. The fourth-order valence-electron chi connectivity index (χ4n) is 1.85. The largest absolute Gasteiger partial charge is 0.491 e. The zero-order valence-corrected chi connectivity index (χ0v) is 12.6. The maximum Gasteiger partial charge on any atom is 0.338 e. The molecule has 0 spiro atoms. The molecule has 0 aromatic heterocycles. The Bertz CT molecular complexity index is 667. The molecule has 0 saturated carbocycles. The average Bonchev–Trinajstić information content (AvgIpc) is 2.53. The Kier molecular flexibility index (Phi) is 5.16. The van der Waals surface area contributed by atoms with Crippen molar-refractivity contribution in [2.75, 3.05) is 0 Å². The second-order valence-corrected chi connectivity index (χ2v) is 5.08. The molecule has 0 unspecified atom stereocenters. The number of ether oxygens (including phenoxy) is 2. The number of rotatable bonds is 5. The quantitative estimate of drug-likeness (QED) is 0.789. The molecule has 22 heavy (non-hydrogen) atoms. The topological polar surface area (TPSA) is 59.3 Å². The maximum atomic E-state index is 12.0. The van der Waals surface area contributed by atoms with E-state index in [0.29, 0.717) is 11.1 Å². The van der Waals surface area contributed by atoms with Gasteiger partial charge in [-0.05, 0) is 55.8 Å². The number of hydrogen-bond acceptors (Lipinski definition) is 4. The Morgan fingerprint density at radius 3 is 2.27 bits per heavy atom. The first-order valence-corrected chi connectivity index (χ1v) is 7.01. The minimum atomic E-state index is -0.388. The third-order valence-electron chi connectivity index (χ3n) is 2.91. The average molecular weight is 295 g/mol. The van der Waals surface area contributed by atoms with Crippen molar-refractivity contribution in [3.8, 4) is 11.8 Å². The van der Waals surface area contributed by atoms with Gasteiger partial charge in [0.1, 0.15) is 12.4 Å². The van der Waals surface area contributed by atoms with Crippen molar-refractivity contribution in [3.63, 3.8) is 0 Å². The molecule has 0 radical (unpaired) electrons. The van der Waals surface area contributed by atoms with Gasteiger partial charge in [0.2, 0.25) is 0 Å². The van der Waals surface area contributed by atoms with Crippen molar-refractivity contribution >= 4 is 5.97 Å². The number of esters is 1. The van der Waals surface area contributed by atoms with E-state index in [1.54, 1.807) is 48.5 Å². The highest BCUT2D eigenvalue weighted by Gasteiger charge is 2.08. The van der Waals surface area contributed by atoms with Gasteiger partial charge in [-0.3, -0.25) is 0 Å². The van der Waals surface area contributed by atoms with Crippen molar-refractivity contribution in [1.29, 1.82) is 5.26 Å². The smallest absolute Gasteiger partial charge is 0.338 e. The second-order valence-electron chi connectivity index (χ2n) is 5.08. The van der Waals surface area contributed by atoms with Crippen LogP contribution in [0.4, 0.5) is 0 Å². The maximum absolute atomic E-state index is 12.0. The summed E-state index contributed by atoms with van der Waals surface area (Å²) in [7, 11) is 0. The number of nitrogens with zero attached hydrogens (tertiary/aromatic N) is 1. The molecule has 0 aliphatic carbocycles. The summed E-state index contributed by atoms with van der Waals surface area (Å²) >= 11 is 0. The number of carbonyl (C=O) groups is 1. The zero-order chi connectivity index (χ0) is 15.9. The monoisotopic (exact) mass is 295 g/mol. The lowest BCUT2D eigenvalue weighted by Crippen LogP contribution is -2.07. The van der Waals surface area contributed by atoms with Crippen LogP contribution in [-0.4, -0.2) is 12.1 Å². The van der Waals surface area contributed by atoms with Crippen LogP contribution in [0, 0.1) is 11.3 Å². The highest BCUT2D eigenvalue weighted by atomic mass is 16.5. The number of hydrogen-bond donors (Lipinski definition) is 0. The number of carbonyl (C=O) groups excluding carboxylic acids is 1. The van der Waals surface area contributed by atoms with Crippen molar-refractivity contribution in [1.82, 2.24) is 0 Å². The van der Waals surface area contributed by atoms with E-state index in [1.165, 1.54) is 0 Å². The number of benzene rings is 2. The number of nitriles is 1. The normalized spacial score (nSPS) is 10.1. The first-order chi connectivity index (χ1) is 10.6. The predicted molar refractivity (Wildman–Crippen MR) is 82.5 cm³/mol. The third-order valence-corrected chi connectivity index (χ3v) is 2.91. The Morgan fingerprint density at radius 2 is 1.73 bits per heavy atom. The van der Waals surface area contributed by atoms with Gasteiger partial charge in [0.25, 0.3) is 0 Å². The van der Waals surface area contributed by atoms with E-state index in [-0.39, 0.29) is 18.7 Å². The fraction of sp³-hybridized carbons (Fsp3) is 0.222. The van der Waals surface area contributed by atoms with Crippen LogP contribution in [0.25, 0.3) is 0 Å². The SMILES string of the molecule is CC(C)Oc1ccc(C(=O)OCc2ccc(C#N)cc2)cc1. The van der Waals surface area contributed by atoms with E-state index in [4.69, 9.17) is 14.7 Å². The molecule has 4 nitrogen and oxygen atoms in total. The van der Waals surface area contributed by atoms with E-state index in [9.17, 15) is 4.79 Å². The summed E-state index contributed by atoms with van der Waals surface area (Å²) in [5, 5.41) is 8.73. The van der Waals surface area contributed by atoms with E-state index in [0.717, 1.165) is 11.3 Å². The second kappa shape index (κ2) is 7.28. The van der Waals surface area contributed by atoms with Crippen LogP contribution in [0.2, 0.25) is 0 Å². The molecule has 0 bridgehead atoms. The van der Waals surface area contributed by atoms with Gasteiger partial charge < -0.3 is 9.47 Å². The lowest BCUT2D eigenvalue weighted by Gasteiger charge is -2.10. The first kappa shape index (κ1) is 15.6. The first-order valence-electron chi connectivity index (χ1n) is 7.01. The summed E-state index contributed by atoms with van der Waals surface area (Å²) in [6.07, 6.45) is 0.0918. The molecule has 0 aliphatic rings. The van der Waals surface area contributed by atoms with Gasteiger partial charge in [0.05, 0.1) is 23.3 Å². The van der Waals surface area contributed by atoms with Gasteiger partial charge >= 0.3 is 5.97 Å². The summed E-state index contributed by atoms with van der Waals surface area (Å²) in [6.45, 7) is 4.06. The van der Waals surface area contributed by atoms with Crippen molar-refractivity contribution in [2.24, 2.45) is 0 Å². The van der Waals surface area contributed by atoms with Crippen molar-refractivity contribution < 1.29 is 14.3 Å². The van der Waals surface area contributed by atoms with Gasteiger partial charge in [0.15, 0.2) is 0 Å². The molecule has 112 valence electrons. The van der Waals surface area contributed by atoms with Gasteiger partial charge in [-0.1, -0.05) is 12.1 Å². The lowest BCUT2D eigenvalue weighted by atomic mass is 10.1. The summed E-state index contributed by atoms with van der Waals surface area (Å²) < 4.78 is 10.8. The molecule has 0 N–H and O–H groups in total. The van der Waals surface area contributed by atoms with E-state index in [2.05, 4.69) is 0 Å². The van der Waals surface area contributed by atoms with Crippen LogP contribution < -0.4 is 4.74 Å². The third kappa shape index (κ3) is 4.35. The molecule has 2 rings (SSSR count). The fourth-order valence-corrected chi connectivity index (χ4v) is 1.85.